The highest BCUT2D eigenvalue weighted by Gasteiger charge is 2.31. The molecular weight excluding hydrogens is 323 g/mol. The number of halogens is 2. The molecule has 2 fully saturated rings. The van der Waals surface area contributed by atoms with Crippen LogP contribution < -0.4 is 5.32 Å². The van der Waals surface area contributed by atoms with Crippen LogP contribution in [0.3, 0.4) is 0 Å². The van der Waals surface area contributed by atoms with Gasteiger partial charge in [-0.05, 0) is 49.8 Å². The van der Waals surface area contributed by atoms with Gasteiger partial charge in [-0.3, -0.25) is 4.79 Å². The normalized spacial score (nSPS) is 22.5. The number of nitrogens with one attached hydrogen (secondary N) is 1. The fraction of sp³-hybridized carbons (Fsp3) is 0.562. The van der Waals surface area contributed by atoms with Crippen LogP contribution in [0.25, 0.3) is 0 Å². The third-order valence-corrected chi connectivity index (χ3v) is 5.40. The Balaban J connectivity index is 1.55. The molecule has 0 aromatic heterocycles. The van der Waals surface area contributed by atoms with E-state index in [1.54, 1.807) is 6.07 Å². The maximum Gasteiger partial charge on any atom is 0.239 e. The highest BCUT2D eigenvalue weighted by atomic mass is 35.5. The van der Waals surface area contributed by atoms with E-state index in [1.807, 2.05) is 4.90 Å². The monoisotopic (exact) mass is 342 g/mol. The molecule has 4 nitrogen and oxygen atoms in total. The molecule has 0 bridgehead atoms. The second-order valence-electron chi connectivity index (χ2n) is 6.16. The van der Waals surface area contributed by atoms with Crippen LogP contribution in [-0.4, -0.2) is 41.6 Å². The van der Waals surface area contributed by atoms with E-state index >= 15 is 0 Å². The number of piperidine rings is 1. The lowest BCUT2D eigenvalue weighted by Crippen LogP contribution is -2.55. The molecule has 2 N–H and O–H groups in total. The van der Waals surface area contributed by atoms with Gasteiger partial charge in [0.15, 0.2) is 0 Å². The van der Waals surface area contributed by atoms with Gasteiger partial charge in [0.1, 0.15) is 5.75 Å². The van der Waals surface area contributed by atoms with Crippen LogP contribution in [-0.2, 0) is 11.2 Å². The van der Waals surface area contributed by atoms with E-state index in [0.29, 0.717) is 16.0 Å². The van der Waals surface area contributed by atoms with E-state index in [9.17, 15) is 9.90 Å². The Morgan fingerprint density at radius 2 is 1.86 bits per heavy atom. The van der Waals surface area contributed by atoms with Gasteiger partial charge in [0.05, 0.1) is 16.1 Å². The molecule has 3 rings (SSSR count). The highest BCUT2D eigenvalue weighted by Crippen LogP contribution is 2.33. The van der Waals surface area contributed by atoms with Crippen LogP contribution in [0.4, 0.5) is 0 Å². The summed E-state index contributed by atoms with van der Waals surface area (Å²) >= 11 is 11.9. The minimum atomic E-state index is 0.0377. The van der Waals surface area contributed by atoms with E-state index in [0.717, 1.165) is 50.9 Å². The van der Waals surface area contributed by atoms with Crippen LogP contribution in [0, 0.1) is 5.92 Å². The van der Waals surface area contributed by atoms with Gasteiger partial charge in [0.25, 0.3) is 0 Å². The number of carbonyl (C=O) groups is 1. The largest absolute Gasteiger partial charge is 0.508 e. The minimum Gasteiger partial charge on any atom is -0.508 e. The SMILES string of the molecule is O=C(C1CCN1)N1CCC(Cc2cc(Cl)c(Cl)cc2O)CC1. The Bertz CT molecular complexity index is 568. The van der Waals surface area contributed by atoms with Crippen molar-refractivity contribution in [2.45, 2.75) is 31.7 Å². The molecule has 2 aliphatic rings. The summed E-state index contributed by atoms with van der Waals surface area (Å²) < 4.78 is 0. The molecule has 0 saturated carbocycles. The van der Waals surface area contributed by atoms with Gasteiger partial charge in [-0.25, -0.2) is 0 Å². The quantitative estimate of drug-likeness (QED) is 0.887. The number of rotatable bonds is 3. The number of nitrogens with zero attached hydrogens (tertiary/aromatic N) is 1. The van der Waals surface area contributed by atoms with Gasteiger partial charge in [0.2, 0.25) is 5.91 Å². The molecule has 0 aliphatic carbocycles. The summed E-state index contributed by atoms with van der Waals surface area (Å²) in [6.45, 7) is 2.54. The molecule has 2 aliphatic heterocycles. The van der Waals surface area contributed by atoms with Gasteiger partial charge in [-0.1, -0.05) is 23.2 Å². The summed E-state index contributed by atoms with van der Waals surface area (Å²) in [4.78, 5) is 14.1. The Kier molecular flexibility index (Phi) is 4.81. The van der Waals surface area contributed by atoms with E-state index in [-0.39, 0.29) is 17.7 Å². The van der Waals surface area contributed by atoms with Crippen molar-refractivity contribution in [1.29, 1.82) is 0 Å². The molecule has 120 valence electrons. The van der Waals surface area contributed by atoms with E-state index in [4.69, 9.17) is 23.2 Å². The van der Waals surface area contributed by atoms with Crippen molar-refractivity contribution >= 4 is 29.1 Å². The molecule has 1 aromatic carbocycles. The second kappa shape index (κ2) is 6.65. The number of phenolic OH excluding ortho intramolecular Hbond substituents is 1. The number of hydrogen-bond donors (Lipinski definition) is 2. The zero-order chi connectivity index (χ0) is 15.7. The van der Waals surface area contributed by atoms with Crippen LogP contribution >= 0.6 is 23.2 Å². The molecule has 1 atom stereocenters. The molecular formula is C16H20Cl2N2O2. The van der Waals surface area contributed by atoms with Gasteiger partial charge in [0, 0.05) is 19.2 Å². The number of hydrogen-bond acceptors (Lipinski definition) is 3. The summed E-state index contributed by atoms with van der Waals surface area (Å²) in [6, 6.07) is 3.28. The Morgan fingerprint density at radius 1 is 1.23 bits per heavy atom. The first-order valence-corrected chi connectivity index (χ1v) is 8.49. The molecule has 2 saturated heterocycles. The molecule has 22 heavy (non-hydrogen) atoms. The Morgan fingerprint density at radius 3 is 2.45 bits per heavy atom. The summed E-state index contributed by atoms with van der Waals surface area (Å²) in [5.74, 6) is 0.898. The first kappa shape index (κ1) is 15.9. The third kappa shape index (κ3) is 3.34. The van der Waals surface area contributed by atoms with Crippen LogP contribution in [0.2, 0.25) is 10.0 Å². The number of aromatic hydroxyl groups is 1. The molecule has 0 spiro atoms. The number of likely N-dealkylation sites (tertiary alicyclic amines) is 1. The summed E-state index contributed by atoms with van der Waals surface area (Å²) in [7, 11) is 0. The van der Waals surface area contributed by atoms with Gasteiger partial charge in [-0.2, -0.15) is 0 Å². The zero-order valence-corrected chi connectivity index (χ0v) is 13.8. The molecule has 1 amide bonds. The molecule has 6 heteroatoms. The lowest BCUT2D eigenvalue weighted by molar-refractivity contribution is -0.136. The van der Waals surface area contributed by atoms with Gasteiger partial charge in [-0.15, -0.1) is 0 Å². The van der Waals surface area contributed by atoms with Gasteiger partial charge < -0.3 is 15.3 Å². The highest BCUT2D eigenvalue weighted by molar-refractivity contribution is 6.42. The fourth-order valence-corrected chi connectivity index (χ4v) is 3.47. The zero-order valence-electron chi connectivity index (χ0n) is 12.3. The standard InChI is InChI=1S/C16H20Cl2N2O2/c17-12-8-11(15(21)9-13(12)18)7-10-2-5-20(6-3-10)16(22)14-1-4-19-14/h8-10,14,19,21H,1-7H2. The van der Waals surface area contributed by atoms with Crippen molar-refractivity contribution in [2.75, 3.05) is 19.6 Å². The fourth-order valence-electron chi connectivity index (χ4n) is 3.13. The predicted octanol–water partition coefficient (Wildman–Crippen LogP) is 2.84. The smallest absolute Gasteiger partial charge is 0.239 e. The summed E-state index contributed by atoms with van der Waals surface area (Å²) in [5.41, 5.74) is 0.833. The number of phenols is 1. The number of amides is 1. The van der Waals surface area contributed by atoms with Crippen molar-refractivity contribution in [1.82, 2.24) is 10.2 Å². The van der Waals surface area contributed by atoms with Crippen molar-refractivity contribution in [2.24, 2.45) is 5.92 Å². The van der Waals surface area contributed by atoms with Gasteiger partial charge >= 0.3 is 0 Å². The maximum atomic E-state index is 12.2. The molecule has 2 heterocycles. The maximum absolute atomic E-state index is 12.2. The Labute approximate surface area is 140 Å². The van der Waals surface area contributed by atoms with Crippen molar-refractivity contribution in [3.63, 3.8) is 0 Å². The van der Waals surface area contributed by atoms with E-state index < -0.39 is 0 Å². The topological polar surface area (TPSA) is 52.6 Å². The Hall–Kier alpha value is -0.970. The predicted molar refractivity (Wildman–Crippen MR) is 87.5 cm³/mol. The minimum absolute atomic E-state index is 0.0377. The van der Waals surface area contributed by atoms with Crippen molar-refractivity contribution in [3.05, 3.63) is 27.7 Å². The van der Waals surface area contributed by atoms with Crippen molar-refractivity contribution in [3.8, 4) is 5.75 Å². The summed E-state index contributed by atoms with van der Waals surface area (Å²) in [5, 5.41) is 14.0. The number of carbonyl (C=O) groups excluding carboxylic acids is 1. The van der Waals surface area contributed by atoms with Crippen LogP contribution in [0.5, 0.6) is 5.75 Å². The van der Waals surface area contributed by atoms with Crippen LogP contribution in [0.15, 0.2) is 12.1 Å². The number of benzene rings is 1. The van der Waals surface area contributed by atoms with Crippen molar-refractivity contribution < 1.29 is 9.90 Å². The average molecular weight is 343 g/mol. The first-order valence-electron chi connectivity index (χ1n) is 7.73. The average Bonchev–Trinajstić information content (AvgIpc) is 2.43. The molecule has 0 radical (unpaired) electrons. The van der Waals surface area contributed by atoms with Crippen LogP contribution in [0.1, 0.15) is 24.8 Å². The second-order valence-corrected chi connectivity index (χ2v) is 6.98. The molecule has 1 unspecified atom stereocenters. The lowest BCUT2D eigenvalue weighted by atomic mass is 9.89. The van der Waals surface area contributed by atoms with E-state index in [2.05, 4.69) is 5.32 Å². The van der Waals surface area contributed by atoms with E-state index in [1.165, 1.54) is 6.07 Å². The molecule has 1 aromatic rings. The third-order valence-electron chi connectivity index (χ3n) is 4.68. The first-order chi connectivity index (χ1) is 10.5. The summed E-state index contributed by atoms with van der Waals surface area (Å²) in [6.07, 6.45) is 3.64. The lowest BCUT2D eigenvalue weighted by Gasteiger charge is -2.37.